The molecule has 1 heterocycles. The number of nitrogens with one attached hydrogen (secondary N) is 3. The van der Waals surface area contributed by atoms with Gasteiger partial charge < -0.3 is 16.4 Å². The maximum Gasteiger partial charge on any atom is 0.516 e. The predicted octanol–water partition coefficient (Wildman–Crippen LogP) is 1.10. The van der Waals surface area contributed by atoms with Gasteiger partial charge in [0.1, 0.15) is 18.2 Å². The number of guanidine groups is 2. The fourth-order valence-electron chi connectivity index (χ4n) is 1.90. The van der Waals surface area contributed by atoms with Gasteiger partial charge in [0.05, 0.1) is 0 Å². The van der Waals surface area contributed by atoms with E-state index in [-0.39, 0.29) is 12.4 Å². The van der Waals surface area contributed by atoms with Gasteiger partial charge in [0.15, 0.2) is 5.96 Å². The van der Waals surface area contributed by atoms with Crippen LogP contribution in [0, 0.1) is 0 Å². The molecule has 1 aromatic heterocycles. The first-order valence-corrected chi connectivity index (χ1v) is 9.97. The number of anilines is 1. The Labute approximate surface area is 173 Å². The number of hydrogen-bond acceptors (Lipinski definition) is 6. The minimum Gasteiger partial charge on any atom is -0.370 e. The van der Waals surface area contributed by atoms with Crippen LogP contribution in [0.2, 0.25) is 0 Å². The SMILES string of the molecule is CN=C(NCCCCc1nccc(NC(N)=NCC(F)(F)F)n1)NS(=O)(=O)C(F)(F)F. The molecular formula is C14H20F6N8O2S. The lowest BCUT2D eigenvalue weighted by atomic mass is 10.2. The molecular weight excluding hydrogens is 458 g/mol. The topological polar surface area (TPSA) is 147 Å². The monoisotopic (exact) mass is 478 g/mol. The smallest absolute Gasteiger partial charge is 0.370 e. The van der Waals surface area contributed by atoms with Gasteiger partial charge in [-0.15, -0.1) is 0 Å². The third kappa shape index (κ3) is 10.1. The third-order valence-corrected chi connectivity index (χ3v) is 4.34. The number of aromatic nitrogens is 2. The summed E-state index contributed by atoms with van der Waals surface area (Å²) in [5, 5.41) is 4.83. The van der Waals surface area contributed by atoms with Crippen LogP contribution in [0.15, 0.2) is 22.2 Å². The number of alkyl halides is 6. The van der Waals surface area contributed by atoms with Crippen LogP contribution >= 0.6 is 0 Å². The summed E-state index contributed by atoms with van der Waals surface area (Å²) >= 11 is 0. The van der Waals surface area contributed by atoms with Gasteiger partial charge in [0.2, 0.25) is 5.96 Å². The molecule has 31 heavy (non-hydrogen) atoms. The molecule has 0 fully saturated rings. The zero-order valence-electron chi connectivity index (χ0n) is 16.0. The van der Waals surface area contributed by atoms with Gasteiger partial charge in [-0.1, -0.05) is 0 Å². The second-order valence-electron chi connectivity index (χ2n) is 5.81. The van der Waals surface area contributed by atoms with Gasteiger partial charge in [0.25, 0.3) is 0 Å². The van der Waals surface area contributed by atoms with Crippen LogP contribution in [0.1, 0.15) is 18.7 Å². The van der Waals surface area contributed by atoms with Crippen molar-refractivity contribution in [1.29, 1.82) is 0 Å². The molecule has 0 amide bonds. The molecule has 1 aromatic rings. The number of hydrogen-bond donors (Lipinski definition) is 4. The van der Waals surface area contributed by atoms with E-state index >= 15 is 0 Å². The van der Waals surface area contributed by atoms with E-state index < -0.39 is 40.2 Å². The van der Waals surface area contributed by atoms with Gasteiger partial charge >= 0.3 is 21.7 Å². The highest BCUT2D eigenvalue weighted by molar-refractivity contribution is 7.90. The molecule has 0 saturated carbocycles. The Morgan fingerprint density at radius 2 is 1.87 bits per heavy atom. The summed E-state index contributed by atoms with van der Waals surface area (Å²) in [6.07, 6.45) is -1.97. The predicted molar refractivity (Wildman–Crippen MR) is 101 cm³/mol. The highest BCUT2D eigenvalue weighted by Gasteiger charge is 2.46. The largest absolute Gasteiger partial charge is 0.516 e. The summed E-state index contributed by atoms with van der Waals surface area (Å²) in [6.45, 7) is -1.35. The van der Waals surface area contributed by atoms with Crippen LogP contribution in [-0.4, -0.2) is 62.1 Å². The highest BCUT2D eigenvalue weighted by atomic mass is 32.2. The molecule has 5 N–H and O–H groups in total. The van der Waals surface area contributed by atoms with Gasteiger partial charge in [-0.3, -0.25) is 4.99 Å². The molecule has 17 heteroatoms. The molecule has 0 radical (unpaired) electrons. The number of unbranched alkanes of at least 4 members (excludes halogenated alkanes) is 1. The average Bonchev–Trinajstić information content (AvgIpc) is 2.64. The van der Waals surface area contributed by atoms with Gasteiger partial charge in [0, 0.05) is 26.2 Å². The van der Waals surface area contributed by atoms with Crippen molar-refractivity contribution in [2.45, 2.75) is 30.9 Å². The van der Waals surface area contributed by atoms with E-state index in [1.54, 1.807) is 0 Å². The first-order valence-electron chi connectivity index (χ1n) is 8.49. The fraction of sp³-hybridized carbons (Fsp3) is 0.571. The number of halogens is 6. The van der Waals surface area contributed by atoms with E-state index in [1.807, 2.05) is 0 Å². The van der Waals surface area contributed by atoms with Gasteiger partial charge in [-0.25, -0.2) is 19.7 Å². The van der Waals surface area contributed by atoms with Crippen molar-refractivity contribution in [2.75, 3.05) is 25.5 Å². The summed E-state index contributed by atoms with van der Waals surface area (Å²) < 4.78 is 96.8. The minimum atomic E-state index is -5.57. The number of rotatable bonds is 8. The van der Waals surface area contributed by atoms with E-state index in [0.717, 1.165) is 7.05 Å². The molecule has 0 unspecified atom stereocenters. The lowest BCUT2D eigenvalue weighted by Gasteiger charge is -2.13. The Kier molecular flexibility index (Phi) is 9.26. The fourth-order valence-corrected chi connectivity index (χ4v) is 2.43. The number of sulfonamides is 1. The second-order valence-corrected chi connectivity index (χ2v) is 7.48. The van der Waals surface area contributed by atoms with Crippen LogP contribution in [0.25, 0.3) is 0 Å². The maximum absolute atomic E-state index is 12.4. The number of nitrogens with two attached hydrogens (primary N) is 1. The van der Waals surface area contributed by atoms with Crippen molar-refractivity contribution in [3.63, 3.8) is 0 Å². The molecule has 176 valence electrons. The van der Waals surface area contributed by atoms with Crippen molar-refractivity contribution in [3.8, 4) is 0 Å². The summed E-state index contributed by atoms with van der Waals surface area (Å²) in [4.78, 5) is 14.6. The molecule has 0 aliphatic carbocycles. The molecule has 0 aromatic carbocycles. The molecule has 0 saturated heterocycles. The Hall–Kier alpha value is -2.85. The first kappa shape index (κ1) is 26.2. The molecule has 0 atom stereocenters. The molecule has 0 aliphatic heterocycles. The van der Waals surface area contributed by atoms with E-state index in [9.17, 15) is 34.8 Å². The minimum absolute atomic E-state index is 0.0992. The number of nitrogens with zero attached hydrogens (tertiary/aromatic N) is 4. The van der Waals surface area contributed by atoms with Crippen molar-refractivity contribution in [1.82, 2.24) is 20.0 Å². The van der Waals surface area contributed by atoms with E-state index in [0.29, 0.717) is 25.1 Å². The normalized spacial score (nSPS) is 13.8. The molecule has 0 aliphatic rings. The standard InChI is InChI=1S/C14H20F6N8O2S/c1-22-12(28-31(29,30)14(18,19)20)24-6-3-2-4-9-23-7-5-10(26-9)27-11(21)25-8-13(15,16)17/h5,7H,2-4,6,8H2,1H3,(H2,22,24,28)(H3,21,23,25,26,27). The highest BCUT2D eigenvalue weighted by Crippen LogP contribution is 2.21. The molecule has 10 nitrogen and oxygen atoms in total. The van der Waals surface area contributed by atoms with Crippen LogP contribution in [0.3, 0.4) is 0 Å². The van der Waals surface area contributed by atoms with E-state index in [1.165, 1.54) is 17.0 Å². The van der Waals surface area contributed by atoms with E-state index in [2.05, 4.69) is 30.6 Å². The van der Waals surface area contributed by atoms with Crippen LogP contribution in [-0.2, 0) is 16.4 Å². The van der Waals surface area contributed by atoms with E-state index in [4.69, 9.17) is 5.73 Å². The Morgan fingerprint density at radius 1 is 1.19 bits per heavy atom. The van der Waals surface area contributed by atoms with Crippen molar-refractivity contribution in [3.05, 3.63) is 18.1 Å². The third-order valence-electron chi connectivity index (χ3n) is 3.27. The maximum atomic E-state index is 12.4. The molecule has 0 bridgehead atoms. The summed E-state index contributed by atoms with van der Waals surface area (Å²) in [7, 11) is -4.47. The Morgan fingerprint density at radius 3 is 2.45 bits per heavy atom. The lowest BCUT2D eigenvalue weighted by molar-refractivity contribution is -0.118. The van der Waals surface area contributed by atoms with Gasteiger partial charge in [-0.2, -0.15) is 34.8 Å². The van der Waals surface area contributed by atoms with Crippen molar-refractivity contribution < 1.29 is 34.8 Å². The van der Waals surface area contributed by atoms with Crippen LogP contribution in [0.5, 0.6) is 0 Å². The summed E-state index contributed by atoms with van der Waals surface area (Å²) in [5.74, 6) is -0.573. The Balaban J connectivity index is 2.47. The van der Waals surface area contributed by atoms with Crippen LogP contribution in [0.4, 0.5) is 32.2 Å². The van der Waals surface area contributed by atoms with Gasteiger partial charge in [-0.05, 0) is 18.9 Å². The lowest BCUT2D eigenvalue weighted by Crippen LogP contribution is -2.46. The second kappa shape index (κ2) is 11.0. The zero-order valence-corrected chi connectivity index (χ0v) is 16.9. The summed E-state index contributed by atoms with van der Waals surface area (Å²) in [6, 6.07) is 1.37. The van der Waals surface area contributed by atoms with Crippen molar-refractivity contribution >= 4 is 27.8 Å². The quantitative estimate of drug-likeness (QED) is 0.189. The molecule has 1 rings (SSSR count). The number of aryl methyl sites for hydroxylation is 1. The Bertz CT molecular complexity index is 886. The number of aliphatic imine (C=N–C) groups is 2. The molecule has 0 spiro atoms. The average molecular weight is 478 g/mol. The van der Waals surface area contributed by atoms with Crippen LogP contribution < -0.4 is 21.1 Å². The van der Waals surface area contributed by atoms with Crippen molar-refractivity contribution in [2.24, 2.45) is 15.7 Å². The zero-order chi connectivity index (χ0) is 23.7. The first-order chi connectivity index (χ1) is 14.2. The summed E-state index contributed by atoms with van der Waals surface area (Å²) in [5.41, 5.74) is -0.116.